The fraction of sp³-hybridized carbons (Fsp3) is 0.188. The van der Waals surface area contributed by atoms with Crippen molar-refractivity contribution in [1.29, 1.82) is 0 Å². The molecule has 2 aromatic rings. The molecular weight excluding hydrogens is 252 g/mol. The normalized spacial score (nSPS) is 10.1. The predicted octanol–water partition coefficient (Wildman–Crippen LogP) is 3.06. The predicted molar refractivity (Wildman–Crippen MR) is 81.5 cm³/mol. The van der Waals surface area contributed by atoms with Crippen molar-refractivity contribution in [3.63, 3.8) is 0 Å². The van der Waals surface area contributed by atoms with E-state index in [4.69, 9.17) is 5.11 Å². The van der Waals surface area contributed by atoms with E-state index in [0.29, 0.717) is 12.1 Å². The van der Waals surface area contributed by atoms with E-state index in [1.54, 1.807) is 12.1 Å². The fourth-order valence-electron chi connectivity index (χ4n) is 1.86. The van der Waals surface area contributed by atoms with Gasteiger partial charge in [-0.1, -0.05) is 18.2 Å². The first-order valence-corrected chi connectivity index (χ1v) is 6.40. The van der Waals surface area contributed by atoms with Gasteiger partial charge in [-0.25, -0.2) is 4.79 Å². The lowest BCUT2D eigenvalue weighted by molar-refractivity contribution is 0.0697. The summed E-state index contributed by atoms with van der Waals surface area (Å²) < 4.78 is 0. The van der Waals surface area contributed by atoms with Gasteiger partial charge in [0.1, 0.15) is 0 Å². The van der Waals surface area contributed by atoms with Crippen LogP contribution in [0.2, 0.25) is 0 Å². The molecule has 2 N–H and O–H groups in total. The molecule has 0 aliphatic heterocycles. The third-order valence-corrected chi connectivity index (χ3v) is 3.06. The summed E-state index contributed by atoms with van der Waals surface area (Å²) in [5.74, 6) is -0.900. The zero-order valence-electron chi connectivity index (χ0n) is 11.6. The van der Waals surface area contributed by atoms with Crippen molar-refractivity contribution < 1.29 is 9.90 Å². The molecule has 4 heteroatoms. The maximum absolute atomic E-state index is 10.8. The lowest BCUT2D eigenvalue weighted by atomic mass is 10.1. The third kappa shape index (κ3) is 3.51. The van der Waals surface area contributed by atoms with Crippen LogP contribution in [0.3, 0.4) is 0 Å². The molecule has 104 valence electrons. The summed E-state index contributed by atoms with van der Waals surface area (Å²) in [7, 11) is 4.01. The molecule has 0 heterocycles. The van der Waals surface area contributed by atoms with Crippen molar-refractivity contribution in [2.75, 3.05) is 24.3 Å². The number of hydrogen-bond donors (Lipinski definition) is 2. The van der Waals surface area contributed by atoms with E-state index in [9.17, 15) is 4.79 Å². The number of carbonyl (C=O) groups is 1. The molecule has 20 heavy (non-hydrogen) atoms. The van der Waals surface area contributed by atoms with E-state index in [2.05, 4.69) is 11.4 Å². The van der Waals surface area contributed by atoms with E-state index in [-0.39, 0.29) is 0 Å². The number of nitrogens with one attached hydrogen (secondary N) is 1. The van der Waals surface area contributed by atoms with Gasteiger partial charge in [-0.2, -0.15) is 0 Å². The molecule has 0 radical (unpaired) electrons. The Balaban J connectivity index is 2.01. The fourth-order valence-corrected chi connectivity index (χ4v) is 1.86. The van der Waals surface area contributed by atoms with Crippen molar-refractivity contribution in [2.45, 2.75) is 6.54 Å². The minimum atomic E-state index is -0.900. The van der Waals surface area contributed by atoms with Crippen LogP contribution in [0.5, 0.6) is 0 Å². The maximum Gasteiger partial charge on any atom is 0.335 e. The van der Waals surface area contributed by atoms with Crippen LogP contribution in [0.25, 0.3) is 0 Å². The number of anilines is 2. The second-order valence-electron chi connectivity index (χ2n) is 4.80. The number of nitrogens with zero attached hydrogens (tertiary/aromatic N) is 1. The highest BCUT2D eigenvalue weighted by Gasteiger charge is 2.02. The number of carboxylic acid groups (broad SMARTS) is 1. The Bertz CT molecular complexity index is 592. The molecule has 0 aliphatic rings. The Morgan fingerprint density at radius 1 is 1.15 bits per heavy atom. The number of rotatable bonds is 5. The smallest absolute Gasteiger partial charge is 0.335 e. The molecule has 4 nitrogen and oxygen atoms in total. The standard InChI is InChI=1S/C16H18N2O2/c1-18(2)15-5-3-4-14(10-15)17-11-12-6-8-13(9-7-12)16(19)20/h3-10,17H,11H2,1-2H3,(H,19,20). The topological polar surface area (TPSA) is 52.6 Å². The lowest BCUT2D eigenvalue weighted by Gasteiger charge is -2.14. The number of aromatic carboxylic acids is 1. The average Bonchev–Trinajstić information content (AvgIpc) is 2.46. The van der Waals surface area contributed by atoms with Gasteiger partial charge in [-0.3, -0.25) is 0 Å². The van der Waals surface area contributed by atoms with Crippen LogP contribution in [-0.4, -0.2) is 25.2 Å². The van der Waals surface area contributed by atoms with Crippen LogP contribution in [0.15, 0.2) is 48.5 Å². The van der Waals surface area contributed by atoms with Crippen LogP contribution < -0.4 is 10.2 Å². The van der Waals surface area contributed by atoms with Crippen LogP contribution in [-0.2, 0) is 6.54 Å². The van der Waals surface area contributed by atoms with Gasteiger partial charge in [-0.15, -0.1) is 0 Å². The summed E-state index contributed by atoms with van der Waals surface area (Å²) in [6.07, 6.45) is 0. The second kappa shape index (κ2) is 6.10. The minimum absolute atomic E-state index is 0.309. The van der Waals surface area contributed by atoms with Crippen molar-refractivity contribution in [1.82, 2.24) is 0 Å². The van der Waals surface area contributed by atoms with Gasteiger partial charge < -0.3 is 15.3 Å². The monoisotopic (exact) mass is 270 g/mol. The first-order valence-electron chi connectivity index (χ1n) is 6.40. The van der Waals surface area contributed by atoms with Crippen LogP contribution >= 0.6 is 0 Å². The third-order valence-electron chi connectivity index (χ3n) is 3.06. The van der Waals surface area contributed by atoms with Gasteiger partial charge in [-0.05, 0) is 35.9 Å². The Labute approximate surface area is 118 Å². The highest BCUT2D eigenvalue weighted by molar-refractivity contribution is 5.87. The van der Waals surface area contributed by atoms with Gasteiger partial charge in [0.25, 0.3) is 0 Å². The largest absolute Gasteiger partial charge is 0.478 e. The van der Waals surface area contributed by atoms with E-state index in [1.807, 2.05) is 49.3 Å². The Morgan fingerprint density at radius 3 is 2.45 bits per heavy atom. The minimum Gasteiger partial charge on any atom is -0.478 e. The summed E-state index contributed by atoms with van der Waals surface area (Å²) in [5, 5.41) is 12.2. The molecule has 0 saturated carbocycles. The molecular formula is C16H18N2O2. The van der Waals surface area contributed by atoms with Gasteiger partial charge in [0.15, 0.2) is 0 Å². The van der Waals surface area contributed by atoms with E-state index >= 15 is 0 Å². The molecule has 0 saturated heterocycles. The van der Waals surface area contributed by atoms with Crippen molar-refractivity contribution in [3.8, 4) is 0 Å². The van der Waals surface area contributed by atoms with Gasteiger partial charge in [0.2, 0.25) is 0 Å². The summed E-state index contributed by atoms with van der Waals surface area (Å²) in [6.45, 7) is 0.663. The molecule has 0 unspecified atom stereocenters. The van der Waals surface area contributed by atoms with Gasteiger partial charge in [0.05, 0.1) is 5.56 Å². The van der Waals surface area contributed by atoms with Crippen LogP contribution in [0.1, 0.15) is 15.9 Å². The summed E-state index contributed by atoms with van der Waals surface area (Å²) >= 11 is 0. The van der Waals surface area contributed by atoms with Crippen molar-refractivity contribution in [3.05, 3.63) is 59.7 Å². The molecule has 0 aromatic heterocycles. The highest BCUT2D eigenvalue weighted by Crippen LogP contribution is 2.18. The Morgan fingerprint density at radius 2 is 1.85 bits per heavy atom. The zero-order chi connectivity index (χ0) is 14.5. The first-order chi connectivity index (χ1) is 9.56. The molecule has 0 spiro atoms. The summed E-state index contributed by atoms with van der Waals surface area (Å²) in [4.78, 5) is 12.8. The Kier molecular flexibility index (Phi) is 4.25. The van der Waals surface area contributed by atoms with Gasteiger partial charge in [0, 0.05) is 32.0 Å². The highest BCUT2D eigenvalue weighted by atomic mass is 16.4. The van der Waals surface area contributed by atoms with E-state index in [0.717, 1.165) is 16.9 Å². The zero-order valence-corrected chi connectivity index (χ0v) is 11.6. The average molecular weight is 270 g/mol. The van der Waals surface area contributed by atoms with Gasteiger partial charge >= 0.3 is 5.97 Å². The quantitative estimate of drug-likeness (QED) is 0.876. The number of benzene rings is 2. The number of hydrogen-bond acceptors (Lipinski definition) is 3. The lowest BCUT2D eigenvalue weighted by Crippen LogP contribution is -2.09. The number of carboxylic acids is 1. The molecule has 0 amide bonds. The van der Waals surface area contributed by atoms with Crippen molar-refractivity contribution in [2.24, 2.45) is 0 Å². The maximum atomic E-state index is 10.8. The van der Waals surface area contributed by atoms with E-state index < -0.39 is 5.97 Å². The SMILES string of the molecule is CN(C)c1cccc(NCc2ccc(C(=O)O)cc2)c1. The van der Waals surface area contributed by atoms with E-state index in [1.165, 1.54) is 0 Å². The summed E-state index contributed by atoms with van der Waals surface area (Å²) in [6, 6.07) is 15.0. The molecule has 2 aromatic carbocycles. The molecule has 2 rings (SSSR count). The Hall–Kier alpha value is -2.49. The van der Waals surface area contributed by atoms with Crippen molar-refractivity contribution >= 4 is 17.3 Å². The molecule has 0 fully saturated rings. The summed E-state index contributed by atoms with van der Waals surface area (Å²) in [5.41, 5.74) is 3.53. The van der Waals surface area contributed by atoms with Crippen LogP contribution in [0.4, 0.5) is 11.4 Å². The molecule has 0 aliphatic carbocycles. The van der Waals surface area contributed by atoms with Crippen LogP contribution in [0, 0.1) is 0 Å². The first kappa shape index (κ1) is 13.9. The molecule has 0 bridgehead atoms. The molecule has 0 atom stereocenters. The second-order valence-corrected chi connectivity index (χ2v) is 4.80.